The lowest BCUT2D eigenvalue weighted by Gasteiger charge is -2.15. The SMILES string of the molecule is CCc1cc(Cc2cc(CC)c(N)c(CC)c2)cc(CC)c1N.Nc1cccc(CCCCc2cccc(N)c2)c1. The molecule has 0 unspecified atom stereocenters. The highest BCUT2D eigenvalue weighted by Gasteiger charge is 2.10. The summed E-state index contributed by atoms with van der Waals surface area (Å²) < 4.78 is 0. The van der Waals surface area contributed by atoms with Crippen LogP contribution in [0.5, 0.6) is 0 Å². The van der Waals surface area contributed by atoms with Gasteiger partial charge in [-0.3, -0.25) is 0 Å². The largest absolute Gasteiger partial charge is 0.399 e. The minimum Gasteiger partial charge on any atom is -0.399 e. The predicted molar refractivity (Wildman–Crippen MR) is 180 cm³/mol. The molecule has 0 aliphatic heterocycles. The molecule has 0 atom stereocenters. The molecular weight excluding hydrogens is 500 g/mol. The lowest BCUT2D eigenvalue weighted by Crippen LogP contribution is -2.04. The summed E-state index contributed by atoms with van der Waals surface area (Å²) >= 11 is 0. The summed E-state index contributed by atoms with van der Waals surface area (Å²) in [5, 5.41) is 0. The summed E-state index contributed by atoms with van der Waals surface area (Å²) in [6.45, 7) is 8.68. The van der Waals surface area contributed by atoms with Crippen LogP contribution in [0.2, 0.25) is 0 Å². The van der Waals surface area contributed by atoms with Gasteiger partial charge in [-0.25, -0.2) is 0 Å². The molecule has 0 heterocycles. The molecule has 0 aliphatic carbocycles. The van der Waals surface area contributed by atoms with Crippen molar-refractivity contribution in [2.75, 3.05) is 22.9 Å². The van der Waals surface area contributed by atoms with Gasteiger partial charge in [-0.15, -0.1) is 0 Å². The summed E-state index contributed by atoms with van der Waals surface area (Å²) in [4.78, 5) is 0. The van der Waals surface area contributed by atoms with Crippen LogP contribution in [0.25, 0.3) is 0 Å². The maximum absolute atomic E-state index is 6.26. The van der Waals surface area contributed by atoms with Gasteiger partial charge in [0.25, 0.3) is 0 Å². The Balaban J connectivity index is 0.000000232. The first kappa shape index (κ1) is 31.6. The van der Waals surface area contributed by atoms with Crippen LogP contribution in [0.15, 0.2) is 72.8 Å². The van der Waals surface area contributed by atoms with Crippen molar-refractivity contribution in [1.29, 1.82) is 0 Å². The van der Waals surface area contributed by atoms with E-state index in [1.165, 1.54) is 57.3 Å². The number of benzene rings is 4. The molecule has 0 radical (unpaired) electrons. The Hall–Kier alpha value is -3.92. The molecule has 41 heavy (non-hydrogen) atoms. The number of hydrogen-bond donors (Lipinski definition) is 4. The molecule has 0 amide bonds. The van der Waals surface area contributed by atoms with Crippen molar-refractivity contribution in [1.82, 2.24) is 0 Å². The van der Waals surface area contributed by atoms with Gasteiger partial charge in [0.2, 0.25) is 0 Å². The van der Waals surface area contributed by atoms with Crippen LogP contribution in [0, 0.1) is 0 Å². The first-order valence-electron chi connectivity index (χ1n) is 15.3. The number of nitrogen functional groups attached to an aromatic ring is 4. The molecule has 0 saturated carbocycles. The van der Waals surface area contributed by atoms with Crippen LogP contribution < -0.4 is 22.9 Å². The quantitative estimate of drug-likeness (QED) is 0.112. The minimum atomic E-state index is 0.850. The first-order chi connectivity index (χ1) is 19.8. The molecule has 4 aromatic carbocycles. The summed E-state index contributed by atoms with van der Waals surface area (Å²) in [5.74, 6) is 0. The number of rotatable bonds is 11. The second-order valence-corrected chi connectivity index (χ2v) is 10.9. The maximum Gasteiger partial charge on any atom is 0.0379 e. The molecule has 0 saturated heterocycles. The highest BCUT2D eigenvalue weighted by molar-refractivity contribution is 5.58. The van der Waals surface area contributed by atoms with Crippen LogP contribution in [0.1, 0.15) is 85.0 Å². The van der Waals surface area contributed by atoms with Crippen LogP contribution in [0.4, 0.5) is 22.7 Å². The topological polar surface area (TPSA) is 104 Å². The zero-order chi connectivity index (χ0) is 29.8. The fourth-order valence-electron chi connectivity index (χ4n) is 5.47. The Morgan fingerprint density at radius 2 is 0.780 bits per heavy atom. The number of unbranched alkanes of at least 4 members (excludes halogenated alkanes) is 1. The number of nitrogens with two attached hydrogens (primary N) is 4. The molecule has 4 heteroatoms. The van der Waals surface area contributed by atoms with E-state index in [0.717, 1.165) is 67.7 Å². The Morgan fingerprint density at radius 3 is 1.07 bits per heavy atom. The van der Waals surface area contributed by atoms with Crippen molar-refractivity contribution in [2.24, 2.45) is 0 Å². The van der Waals surface area contributed by atoms with Crippen molar-refractivity contribution in [2.45, 2.75) is 85.5 Å². The van der Waals surface area contributed by atoms with E-state index in [-0.39, 0.29) is 0 Å². The molecule has 0 spiro atoms. The van der Waals surface area contributed by atoms with Crippen molar-refractivity contribution in [3.8, 4) is 0 Å². The Morgan fingerprint density at radius 1 is 0.439 bits per heavy atom. The lowest BCUT2D eigenvalue weighted by molar-refractivity contribution is 0.735. The van der Waals surface area contributed by atoms with Gasteiger partial charge >= 0.3 is 0 Å². The average Bonchev–Trinajstić information content (AvgIpc) is 2.97. The first-order valence-corrected chi connectivity index (χ1v) is 15.3. The molecule has 4 aromatic rings. The van der Waals surface area contributed by atoms with Gasteiger partial charge in [0.05, 0.1) is 0 Å². The normalized spacial score (nSPS) is 10.7. The van der Waals surface area contributed by atoms with E-state index in [9.17, 15) is 0 Å². The molecule has 218 valence electrons. The van der Waals surface area contributed by atoms with Crippen molar-refractivity contribution in [3.05, 3.63) is 117 Å². The van der Waals surface area contributed by atoms with Crippen molar-refractivity contribution < 1.29 is 0 Å². The molecule has 8 N–H and O–H groups in total. The molecule has 4 nitrogen and oxygen atoms in total. The van der Waals surface area contributed by atoms with E-state index in [2.05, 4.69) is 76.2 Å². The minimum absolute atomic E-state index is 0.850. The zero-order valence-electron chi connectivity index (χ0n) is 25.6. The second kappa shape index (κ2) is 15.8. The lowest BCUT2D eigenvalue weighted by atomic mass is 9.93. The van der Waals surface area contributed by atoms with E-state index >= 15 is 0 Å². The van der Waals surface area contributed by atoms with E-state index < -0.39 is 0 Å². The third kappa shape index (κ3) is 9.31. The molecule has 0 bridgehead atoms. The summed E-state index contributed by atoms with van der Waals surface area (Å²) in [6, 6.07) is 25.3. The third-order valence-electron chi connectivity index (χ3n) is 7.84. The smallest absolute Gasteiger partial charge is 0.0379 e. The van der Waals surface area contributed by atoms with Crippen LogP contribution in [-0.2, 0) is 44.9 Å². The van der Waals surface area contributed by atoms with Gasteiger partial charge in [-0.05, 0) is 127 Å². The molecule has 0 aromatic heterocycles. The van der Waals surface area contributed by atoms with Crippen LogP contribution >= 0.6 is 0 Å². The Bertz CT molecular complexity index is 1250. The van der Waals surface area contributed by atoms with E-state index in [0.29, 0.717) is 0 Å². The summed E-state index contributed by atoms with van der Waals surface area (Å²) in [5.41, 5.74) is 38.1. The van der Waals surface area contributed by atoms with Crippen LogP contribution in [0.3, 0.4) is 0 Å². The molecule has 0 aliphatic rings. The van der Waals surface area contributed by atoms with Crippen molar-refractivity contribution >= 4 is 22.7 Å². The van der Waals surface area contributed by atoms with E-state index in [1.807, 2.05) is 24.3 Å². The Labute approximate surface area is 248 Å². The van der Waals surface area contributed by atoms with Crippen LogP contribution in [-0.4, -0.2) is 0 Å². The highest BCUT2D eigenvalue weighted by atomic mass is 14.6. The van der Waals surface area contributed by atoms with E-state index in [1.54, 1.807) is 0 Å². The number of hydrogen-bond acceptors (Lipinski definition) is 4. The summed E-state index contributed by atoms with van der Waals surface area (Å²) in [6.07, 6.45) is 9.41. The Kier molecular flexibility index (Phi) is 12.1. The van der Waals surface area contributed by atoms with Gasteiger partial charge in [0.1, 0.15) is 0 Å². The van der Waals surface area contributed by atoms with Gasteiger partial charge in [-0.1, -0.05) is 76.2 Å². The predicted octanol–water partition coefficient (Wildman–Crippen LogP) is 8.11. The zero-order valence-corrected chi connectivity index (χ0v) is 25.6. The average molecular weight is 551 g/mol. The number of anilines is 4. The van der Waals surface area contributed by atoms with Gasteiger partial charge in [0.15, 0.2) is 0 Å². The fourth-order valence-corrected chi connectivity index (χ4v) is 5.47. The monoisotopic (exact) mass is 550 g/mol. The molecule has 0 fully saturated rings. The second-order valence-electron chi connectivity index (χ2n) is 10.9. The fraction of sp³-hybridized carbons (Fsp3) is 0.351. The number of aryl methyl sites for hydroxylation is 6. The highest BCUT2D eigenvalue weighted by Crippen LogP contribution is 2.26. The maximum atomic E-state index is 6.26. The molecular formula is C37H50N4. The summed E-state index contributed by atoms with van der Waals surface area (Å²) in [7, 11) is 0. The van der Waals surface area contributed by atoms with Gasteiger partial charge in [-0.2, -0.15) is 0 Å². The van der Waals surface area contributed by atoms with Crippen molar-refractivity contribution in [3.63, 3.8) is 0 Å². The standard InChI is InChI=1S/C21H30N2.C16H20N2/c1-5-16-10-14(11-17(6-2)20(16)22)9-15-12-18(7-3)21(23)19(8-4)13-15;17-15-9-3-7-13(11-15)5-1-2-6-14-8-4-10-16(18)12-14/h10-13H,5-9,22-23H2,1-4H3;3-4,7-12H,1-2,5-6,17-18H2. The third-order valence-corrected chi connectivity index (χ3v) is 7.84. The van der Waals surface area contributed by atoms with Gasteiger partial charge in [0, 0.05) is 22.7 Å². The van der Waals surface area contributed by atoms with Gasteiger partial charge < -0.3 is 22.9 Å². The molecule has 4 rings (SSSR count). The van der Waals surface area contributed by atoms with E-state index in [4.69, 9.17) is 22.9 Å².